The fraction of sp³-hybridized carbons (Fsp3) is 0.611. The molecule has 1 aromatic rings. The van der Waals surface area contributed by atoms with Gasteiger partial charge in [-0.25, -0.2) is 4.99 Å². The Hall–Kier alpha value is -2.46. The van der Waals surface area contributed by atoms with E-state index < -0.39 is 0 Å². The van der Waals surface area contributed by atoms with E-state index >= 15 is 0 Å². The van der Waals surface area contributed by atoms with Crippen molar-refractivity contribution in [2.75, 3.05) is 0 Å². The third-order valence-corrected chi connectivity index (χ3v) is 10.4. The summed E-state index contributed by atoms with van der Waals surface area (Å²) in [5.74, 6) is 2.09. The van der Waals surface area contributed by atoms with Crippen molar-refractivity contribution in [1.29, 1.82) is 0 Å². The van der Waals surface area contributed by atoms with Gasteiger partial charge in [0, 0.05) is 46.0 Å². The molecule has 6 atom stereocenters. The summed E-state index contributed by atoms with van der Waals surface area (Å²) < 4.78 is 0. The van der Waals surface area contributed by atoms with Crippen molar-refractivity contribution in [2.24, 2.45) is 33.7 Å². The minimum Gasteiger partial charge on any atom is -0.355 e. The lowest BCUT2D eigenvalue weighted by molar-refractivity contribution is 0.356. The summed E-state index contributed by atoms with van der Waals surface area (Å²) in [7, 11) is 0. The van der Waals surface area contributed by atoms with E-state index in [1.807, 2.05) is 0 Å². The zero-order valence-electron chi connectivity index (χ0n) is 26.3. The van der Waals surface area contributed by atoms with Crippen LogP contribution in [0.25, 0.3) is 12.2 Å². The van der Waals surface area contributed by atoms with Gasteiger partial charge in [-0.1, -0.05) is 68.2 Å². The molecular weight excluding hydrogens is 488 g/mol. The van der Waals surface area contributed by atoms with Gasteiger partial charge >= 0.3 is 0 Å². The fourth-order valence-electron chi connectivity index (χ4n) is 8.40. The molecule has 0 spiro atoms. The number of allylic oxidation sites excluding steroid dienone is 4. The minimum absolute atomic E-state index is 0.329. The molecule has 0 amide bonds. The molecule has 4 aliphatic heterocycles. The number of aromatic nitrogens is 1. The summed E-state index contributed by atoms with van der Waals surface area (Å²) in [6.07, 6.45) is 18.4. The van der Waals surface area contributed by atoms with E-state index in [1.54, 1.807) is 0 Å². The summed E-state index contributed by atoms with van der Waals surface area (Å²) in [6, 6.07) is 0.675. The number of hydrogen-bond acceptors (Lipinski definition) is 3. The molecule has 4 nitrogen and oxygen atoms in total. The molecule has 4 aliphatic rings. The number of aliphatic imine (C=N–C) groups is 2. The second-order valence-corrected chi connectivity index (χ2v) is 12.1. The molecule has 0 aliphatic carbocycles. The lowest BCUT2D eigenvalue weighted by Gasteiger charge is -2.21. The Morgan fingerprint density at radius 3 is 1.82 bits per heavy atom. The molecule has 1 fully saturated rings. The topological polar surface area (TPSA) is 52.5 Å². The summed E-state index contributed by atoms with van der Waals surface area (Å²) in [4.78, 5) is 14.6. The van der Waals surface area contributed by atoms with Gasteiger partial charge in [-0.2, -0.15) is 0 Å². The molecule has 1 saturated heterocycles. The first-order chi connectivity index (χ1) is 19.5. The van der Waals surface area contributed by atoms with Crippen LogP contribution >= 0.6 is 0 Å². The molecule has 1 aromatic heterocycles. The van der Waals surface area contributed by atoms with Crippen molar-refractivity contribution in [3.63, 3.8) is 0 Å². The second kappa shape index (κ2) is 12.2. The van der Waals surface area contributed by atoms with Gasteiger partial charge in [-0.15, -0.1) is 0 Å². The van der Waals surface area contributed by atoms with Gasteiger partial charge in [0.15, 0.2) is 0 Å². The Kier molecular flexibility index (Phi) is 8.85. The average molecular weight is 541 g/mol. The highest BCUT2D eigenvalue weighted by Gasteiger charge is 2.40. The quantitative estimate of drug-likeness (QED) is 0.368. The second-order valence-electron chi connectivity index (χ2n) is 12.1. The molecule has 5 rings (SSSR count). The molecule has 0 radical (unpaired) electrons. The Balaban J connectivity index is 1.81. The van der Waals surface area contributed by atoms with Gasteiger partial charge in [0.2, 0.25) is 0 Å². The number of hydrogen-bond donors (Lipinski definition) is 2. The van der Waals surface area contributed by atoms with Crippen LogP contribution in [0.1, 0.15) is 105 Å². The van der Waals surface area contributed by atoms with Crippen LogP contribution in [0.3, 0.4) is 0 Å². The largest absolute Gasteiger partial charge is 0.355 e. The predicted molar refractivity (Wildman–Crippen MR) is 172 cm³/mol. The van der Waals surface area contributed by atoms with Crippen molar-refractivity contribution in [3.8, 4) is 0 Å². The smallest absolute Gasteiger partial charge is 0.0690 e. The van der Waals surface area contributed by atoms with E-state index in [2.05, 4.69) is 90.0 Å². The van der Waals surface area contributed by atoms with E-state index in [9.17, 15) is 0 Å². The van der Waals surface area contributed by atoms with E-state index in [4.69, 9.17) is 9.98 Å². The maximum atomic E-state index is 5.37. The SMILES string of the molecule is CCC1=C(CC)/C2=C/C3NC(/C=c4\[nH]c(c(CC)c4CC)=CC4=N/C(=C\C1=N2)C(CC)C4CC)C(CC)C3CC. The number of rotatable bonds is 8. The number of H-pyrrole nitrogens is 1. The average Bonchev–Trinajstić information content (AvgIpc) is 3.67. The molecule has 4 heteroatoms. The number of fused-ring (bicyclic) bond motifs is 6. The summed E-state index contributed by atoms with van der Waals surface area (Å²) in [5.41, 5.74) is 10.6. The summed E-state index contributed by atoms with van der Waals surface area (Å²) in [5, 5.41) is 6.67. The molecule has 5 heterocycles. The van der Waals surface area contributed by atoms with Crippen LogP contribution in [0.5, 0.6) is 0 Å². The van der Waals surface area contributed by atoms with E-state index in [0.29, 0.717) is 35.8 Å². The molecule has 2 N–H and O–H groups in total. The van der Waals surface area contributed by atoms with Gasteiger partial charge in [-0.3, -0.25) is 4.99 Å². The van der Waals surface area contributed by atoms with Crippen molar-refractivity contribution < 1.29 is 0 Å². The van der Waals surface area contributed by atoms with E-state index in [1.165, 1.54) is 62.9 Å². The van der Waals surface area contributed by atoms with Crippen LogP contribution in [0, 0.1) is 23.7 Å². The lowest BCUT2D eigenvalue weighted by Crippen LogP contribution is -2.31. The molecule has 40 heavy (non-hydrogen) atoms. The first kappa shape index (κ1) is 29.0. The minimum atomic E-state index is 0.329. The van der Waals surface area contributed by atoms with Crippen LogP contribution in [0.2, 0.25) is 0 Å². The van der Waals surface area contributed by atoms with Crippen LogP contribution in [0.15, 0.2) is 44.7 Å². The normalized spacial score (nSPS) is 33.0. The van der Waals surface area contributed by atoms with Crippen LogP contribution in [0.4, 0.5) is 0 Å². The van der Waals surface area contributed by atoms with Crippen LogP contribution < -0.4 is 16.0 Å². The molecule has 216 valence electrons. The first-order valence-electron chi connectivity index (χ1n) is 16.5. The number of nitrogens with zero attached hydrogens (tertiary/aromatic N) is 2. The van der Waals surface area contributed by atoms with Crippen molar-refractivity contribution in [3.05, 3.63) is 56.5 Å². The zero-order chi connectivity index (χ0) is 28.6. The molecule has 0 saturated carbocycles. The fourth-order valence-corrected chi connectivity index (χ4v) is 8.40. The standard InChI is InChI=1S/C36H52N4/c1-9-21-22(10-2)30-18-32-25(13-5)26(14-6)34(39-32)20-36-28(16-8)27(15-7)35(40-36)19-33-24(12-4)23(11-3)31(38-33)17-29(21)37-30/h17-22,27-30,37-38H,9-16H2,1-8H3/b31-17-,32-18-,33-19?,36-20-. The predicted octanol–water partition coefficient (Wildman–Crippen LogP) is 6.95. The van der Waals surface area contributed by atoms with E-state index in [0.717, 1.165) is 44.2 Å². The Morgan fingerprint density at radius 2 is 1.25 bits per heavy atom. The van der Waals surface area contributed by atoms with Gasteiger partial charge in [-0.05, 0) is 96.9 Å². The number of nitrogens with one attached hydrogen (secondary N) is 2. The number of aromatic amines is 1. The molecule has 8 bridgehead atoms. The van der Waals surface area contributed by atoms with Gasteiger partial charge < -0.3 is 10.3 Å². The molecule has 6 unspecified atom stereocenters. The van der Waals surface area contributed by atoms with Gasteiger partial charge in [0.1, 0.15) is 0 Å². The monoisotopic (exact) mass is 540 g/mol. The third-order valence-electron chi connectivity index (χ3n) is 10.4. The highest BCUT2D eigenvalue weighted by atomic mass is 15.0. The Morgan fingerprint density at radius 1 is 0.625 bits per heavy atom. The van der Waals surface area contributed by atoms with E-state index in [-0.39, 0.29) is 0 Å². The third kappa shape index (κ3) is 4.85. The molecular formula is C36H52N4. The van der Waals surface area contributed by atoms with Gasteiger partial charge in [0.05, 0.1) is 11.4 Å². The Labute approximate surface area is 242 Å². The van der Waals surface area contributed by atoms with Gasteiger partial charge in [0.25, 0.3) is 0 Å². The van der Waals surface area contributed by atoms with Crippen molar-refractivity contribution >= 4 is 23.6 Å². The highest BCUT2D eigenvalue weighted by Crippen LogP contribution is 2.40. The Bertz CT molecular complexity index is 1390. The maximum absolute atomic E-state index is 5.37. The lowest BCUT2D eigenvalue weighted by atomic mass is 9.82. The first-order valence-corrected chi connectivity index (χ1v) is 16.5. The van der Waals surface area contributed by atoms with Crippen molar-refractivity contribution in [1.82, 2.24) is 10.3 Å². The zero-order valence-corrected chi connectivity index (χ0v) is 26.3. The van der Waals surface area contributed by atoms with Crippen LogP contribution in [-0.2, 0) is 12.8 Å². The summed E-state index contributed by atoms with van der Waals surface area (Å²) >= 11 is 0. The van der Waals surface area contributed by atoms with Crippen LogP contribution in [-0.4, -0.2) is 28.5 Å². The highest BCUT2D eigenvalue weighted by molar-refractivity contribution is 6.16. The maximum Gasteiger partial charge on any atom is 0.0690 e. The molecule has 0 aromatic carbocycles. The van der Waals surface area contributed by atoms with Crippen molar-refractivity contribution in [2.45, 2.75) is 119 Å². The summed E-state index contributed by atoms with van der Waals surface area (Å²) in [6.45, 7) is 18.6.